The fourth-order valence-electron chi connectivity index (χ4n) is 2.95. The minimum absolute atomic E-state index is 0.0447. The van der Waals surface area contributed by atoms with Crippen LogP contribution >= 0.6 is 118 Å². The molecule has 0 fully saturated rings. The molecule has 7 nitrogen and oxygen atoms in total. The van der Waals surface area contributed by atoms with Gasteiger partial charge in [0.1, 0.15) is 0 Å². The minimum Gasteiger partial charge on any atom is -0.466 e. The number of aliphatic hydroxyl groups excluding tert-OH is 2. The molecule has 2 atom stereocenters. The first kappa shape index (κ1) is 49.9. The quantitative estimate of drug-likeness (QED) is 0.0378. The molecule has 0 radical (unpaired) electrons. The second kappa shape index (κ2) is 41.6. The van der Waals surface area contributed by atoms with Crippen LogP contribution in [0.15, 0.2) is 0 Å². The maximum absolute atomic E-state index is 12.2. The monoisotopic (exact) mass is 886 g/mol. The van der Waals surface area contributed by atoms with Gasteiger partial charge in [0.05, 0.1) is 13.0 Å². The molecule has 0 amide bonds. The highest BCUT2D eigenvalue weighted by Crippen LogP contribution is 2.22. The molecule has 19 heteroatoms. The molecule has 2 N–H and O–H groups in total. The topological polar surface area (TPSA) is 118 Å². The van der Waals surface area contributed by atoms with Crippen LogP contribution in [0.2, 0.25) is 0 Å². The number of aliphatic hydroxyl groups is 2. The van der Waals surface area contributed by atoms with Gasteiger partial charge >= 0.3 is 5.97 Å². The van der Waals surface area contributed by atoms with Crippen molar-refractivity contribution in [3.8, 4) is 0 Å². The second-order valence-corrected chi connectivity index (χ2v) is 25.6. The molecule has 0 heterocycles. The molecule has 0 aromatic carbocycles. The van der Waals surface area contributed by atoms with Gasteiger partial charge in [0.2, 0.25) is 0 Å². The highest BCUT2D eigenvalue weighted by atomic mass is 32.2. The van der Waals surface area contributed by atoms with Gasteiger partial charge in [-0.1, -0.05) is 11.8 Å². The lowest BCUT2D eigenvalue weighted by atomic mass is 10.5. The third kappa shape index (κ3) is 41.5. The van der Waals surface area contributed by atoms with Gasteiger partial charge in [-0.2, -0.15) is 70.6 Å². The number of rotatable bonds is 38. The Kier molecular flexibility index (Phi) is 44.1. The fourth-order valence-corrected chi connectivity index (χ4v) is 17.4. The van der Waals surface area contributed by atoms with Crippen LogP contribution in [0, 0.1) is 0 Å². The van der Waals surface area contributed by atoms with Gasteiger partial charge < -0.3 is 14.9 Å². The van der Waals surface area contributed by atoms with Crippen molar-refractivity contribution in [1.82, 2.24) is 0 Å². The molecule has 0 rings (SSSR count). The van der Waals surface area contributed by atoms with Crippen LogP contribution in [0.4, 0.5) is 0 Å². The summed E-state index contributed by atoms with van der Waals surface area (Å²) < 4.78 is 28.9. The van der Waals surface area contributed by atoms with Gasteiger partial charge in [-0.15, -0.1) is 35.3 Å². The van der Waals surface area contributed by atoms with Crippen molar-refractivity contribution in [3.05, 3.63) is 0 Å². The zero-order chi connectivity index (χ0) is 34.5. The predicted molar refractivity (Wildman–Crippen MR) is 233 cm³/mol. The highest BCUT2D eigenvalue weighted by Gasteiger charge is 2.05. The Morgan fingerprint density at radius 1 is 0.489 bits per heavy atom. The first-order valence-electron chi connectivity index (χ1n) is 15.4. The molecule has 0 spiro atoms. The van der Waals surface area contributed by atoms with Crippen LogP contribution in [-0.4, -0.2) is 143 Å². The number of ether oxygens (including phenoxy) is 1. The van der Waals surface area contributed by atoms with E-state index in [1.54, 1.807) is 11.8 Å². The van der Waals surface area contributed by atoms with E-state index in [1.807, 2.05) is 94.1 Å². The summed E-state index contributed by atoms with van der Waals surface area (Å²) in [6, 6.07) is 0. The summed E-state index contributed by atoms with van der Waals surface area (Å²) >= 11 is 18.2. The molecule has 47 heavy (non-hydrogen) atoms. The lowest BCUT2D eigenvalue weighted by molar-refractivity contribution is -0.143. The zero-order valence-electron chi connectivity index (χ0n) is 27.2. The van der Waals surface area contributed by atoms with E-state index < -0.39 is 21.6 Å². The molecule has 0 aliphatic rings. The third-order valence-corrected chi connectivity index (χ3v) is 20.7. The van der Waals surface area contributed by atoms with E-state index in [1.165, 1.54) is 11.8 Å². The summed E-state index contributed by atoms with van der Waals surface area (Å²) in [7, 11) is -1.52. The highest BCUT2D eigenvalue weighted by molar-refractivity contribution is 8.24. The van der Waals surface area contributed by atoms with E-state index in [0.717, 1.165) is 101 Å². The first-order chi connectivity index (χ1) is 23.0. The molecular weight excluding hydrogens is 833 g/mol. The van der Waals surface area contributed by atoms with Gasteiger partial charge in [-0.3, -0.25) is 18.0 Å². The van der Waals surface area contributed by atoms with Crippen molar-refractivity contribution < 1.29 is 33.0 Å². The average Bonchev–Trinajstić information content (AvgIpc) is 3.06. The van der Waals surface area contributed by atoms with Crippen molar-refractivity contribution in [3.63, 3.8) is 0 Å². The molecule has 0 saturated carbocycles. The van der Waals surface area contributed by atoms with Gasteiger partial charge in [-0.05, 0) is 30.8 Å². The zero-order valence-corrected chi connectivity index (χ0v) is 37.0. The summed E-state index contributed by atoms with van der Waals surface area (Å²) in [6.45, 7) is 0.461. The molecular formula is C28H54O7S12. The van der Waals surface area contributed by atoms with Crippen LogP contribution in [0.25, 0.3) is 0 Å². The Labute approximate surface area is 332 Å². The van der Waals surface area contributed by atoms with E-state index in [0.29, 0.717) is 43.2 Å². The van der Waals surface area contributed by atoms with Gasteiger partial charge in [0.15, 0.2) is 5.12 Å². The Morgan fingerprint density at radius 2 is 0.957 bits per heavy atom. The molecule has 0 aromatic heterocycles. The summed E-state index contributed by atoms with van der Waals surface area (Å²) in [5.74, 6) is 9.19. The average molecular weight is 888 g/mol. The number of esters is 1. The lowest BCUT2D eigenvalue weighted by Crippen LogP contribution is -2.07. The van der Waals surface area contributed by atoms with E-state index >= 15 is 0 Å². The Bertz CT molecular complexity index is 771. The van der Waals surface area contributed by atoms with Gasteiger partial charge in [0.25, 0.3) is 0 Å². The van der Waals surface area contributed by atoms with Crippen molar-refractivity contribution in [2.45, 2.75) is 38.5 Å². The smallest absolute Gasteiger partial charge is 0.306 e. The van der Waals surface area contributed by atoms with E-state index in [-0.39, 0.29) is 19.2 Å². The first-order valence-corrected chi connectivity index (χ1v) is 29.8. The maximum atomic E-state index is 12.2. The SMILES string of the molecule is O=C(CCSCSCSCCCS(=O)CCSCSCSCCSC(=O)CCSCSCSCCCS(=O)CCCO)OCCCO. The number of hydrogen-bond acceptors (Lipinski definition) is 17. The van der Waals surface area contributed by atoms with Gasteiger partial charge in [-0.25, -0.2) is 0 Å². The second-order valence-electron chi connectivity index (χ2n) is 9.27. The summed E-state index contributed by atoms with van der Waals surface area (Å²) in [5, 5.41) is 23.8. The van der Waals surface area contributed by atoms with E-state index in [9.17, 15) is 18.0 Å². The number of carbonyl (C=O) groups is 2. The van der Waals surface area contributed by atoms with Crippen LogP contribution in [0.3, 0.4) is 0 Å². The van der Waals surface area contributed by atoms with Crippen LogP contribution in [0.5, 0.6) is 0 Å². The summed E-state index contributed by atoms with van der Waals surface area (Å²) in [6.07, 6.45) is 4.12. The lowest BCUT2D eigenvalue weighted by Gasteiger charge is -2.05. The molecule has 0 aromatic rings. The Balaban J connectivity index is 3.30. The summed E-state index contributed by atoms with van der Waals surface area (Å²) in [4.78, 5) is 23.5. The third-order valence-electron chi connectivity index (χ3n) is 5.26. The van der Waals surface area contributed by atoms with Crippen LogP contribution in [-0.2, 0) is 35.9 Å². The number of thioether (sulfide) groups is 10. The van der Waals surface area contributed by atoms with Crippen LogP contribution in [0.1, 0.15) is 38.5 Å². The largest absolute Gasteiger partial charge is 0.466 e. The van der Waals surface area contributed by atoms with Crippen molar-refractivity contribution in [2.24, 2.45) is 0 Å². The van der Waals surface area contributed by atoms with E-state index in [4.69, 9.17) is 14.9 Å². The number of hydrogen-bond donors (Lipinski definition) is 2. The Hall–Kier alpha value is 2.86. The van der Waals surface area contributed by atoms with Gasteiger partial charge in [0, 0.05) is 130 Å². The molecule has 0 bridgehead atoms. The molecule has 280 valence electrons. The molecule has 0 saturated heterocycles. The Morgan fingerprint density at radius 3 is 1.53 bits per heavy atom. The molecule has 0 aliphatic carbocycles. The normalized spacial score (nSPS) is 12.7. The molecule has 2 unspecified atom stereocenters. The van der Waals surface area contributed by atoms with Crippen molar-refractivity contribution >= 4 is 150 Å². The summed E-state index contributed by atoms with van der Waals surface area (Å²) in [5.41, 5.74) is 0. The standard InChI is InChI=1S/C28H54O7S12/c29-7-1-9-35-27(31)5-12-38-23-42-21-37-11-4-19-47(34)20-16-41-26-44-25-40-14-15-45-28(32)6-13-39-24-43-22-36-10-3-18-46(33)17-2-8-30/h29-30H,1-26H2. The number of carbonyl (C=O) groups excluding carboxylic acids is 2. The van der Waals surface area contributed by atoms with E-state index in [2.05, 4.69) is 0 Å². The van der Waals surface area contributed by atoms with Crippen molar-refractivity contribution in [2.75, 3.05) is 114 Å². The fraction of sp³-hybridized carbons (Fsp3) is 0.929. The molecule has 0 aliphatic heterocycles. The predicted octanol–water partition coefficient (Wildman–Crippen LogP) is 6.96. The van der Waals surface area contributed by atoms with Crippen molar-refractivity contribution in [1.29, 1.82) is 0 Å². The van der Waals surface area contributed by atoms with Crippen LogP contribution < -0.4 is 0 Å². The minimum atomic E-state index is -0.788. The maximum Gasteiger partial charge on any atom is 0.306 e.